The molecule has 0 aromatic carbocycles. The lowest BCUT2D eigenvalue weighted by Crippen LogP contribution is -2.76. The maximum absolute atomic E-state index is 3.85. The molecule has 0 heterocycles. The quantitative estimate of drug-likeness (QED) is 0.212. The third-order valence-corrected chi connectivity index (χ3v) is 4.85. The first kappa shape index (κ1) is 25.8. The first-order chi connectivity index (χ1) is 12.4. The zero-order chi connectivity index (χ0) is 19.8. The van der Waals surface area contributed by atoms with Crippen LogP contribution in [0.15, 0.2) is 0 Å². The first-order valence-corrected chi connectivity index (χ1v) is 11.4. The number of likely N-dealkylation sites (N-methyl/N-ethyl adjacent to an activating group) is 2. The van der Waals surface area contributed by atoms with Crippen molar-refractivity contribution in [2.24, 2.45) is 11.8 Å². The molecule has 158 valence electrons. The van der Waals surface area contributed by atoms with Crippen molar-refractivity contribution in [3.8, 4) is 0 Å². The average Bonchev–Trinajstić information content (AvgIpc) is 2.59. The Morgan fingerprint density at radius 1 is 0.654 bits per heavy atom. The van der Waals surface area contributed by atoms with E-state index in [2.05, 4.69) is 69.7 Å². The monoisotopic (exact) mass is 370 g/mol. The smallest absolute Gasteiger partial charge is 0.139 e. The molecule has 4 N–H and O–H groups in total. The second-order valence-corrected chi connectivity index (χ2v) is 8.55. The number of hydrogen-bond acceptors (Lipinski definition) is 4. The van der Waals surface area contributed by atoms with Crippen molar-refractivity contribution in [3.63, 3.8) is 0 Å². The van der Waals surface area contributed by atoms with Crippen molar-refractivity contribution in [2.75, 3.05) is 26.2 Å². The molecule has 0 aromatic rings. The molecule has 0 saturated carbocycles. The highest BCUT2D eigenvalue weighted by Gasteiger charge is 2.36. The molecule has 0 aromatic heterocycles. The summed E-state index contributed by atoms with van der Waals surface area (Å²) in [6.07, 6.45) is 9.30. The van der Waals surface area contributed by atoms with E-state index in [0.29, 0.717) is 17.9 Å². The topological polar surface area (TPSA) is 48.1 Å². The van der Waals surface area contributed by atoms with Crippen LogP contribution >= 0.6 is 0 Å². The average molecular weight is 371 g/mol. The molecule has 4 nitrogen and oxygen atoms in total. The van der Waals surface area contributed by atoms with E-state index in [0.717, 1.165) is 26.2 Å². The van der Waals surface area contributed by atoms with Crippen LogP contribution in [0.25, 0.3) is 0 Å². The van der Waals surface area contributed by atoms with Crippen LogP contribution in [0.3, 0.4) is 0 Å². The molecule has 0 radical (unpaired) electrons. The van der Waals surface area contributed by atoms with Gasteiger partial charge in [0.1, 0.15) is 5.79 Å². The highest BCUT2D eigenvalue weighted by molar-refractivity contribution is 4.95. The van der Waals surface area contributed by atoms with Crippen LogP contribution in [0.4, 0.5) is 0 Å². The van der Waals surface area contributed by atoms with Crippen molar-refractivity contribution in [1.82, 2.24) is 21.3 Å². The molecule has 1 atom stereocenters. The van der Waals surface area contributed by atoms with Gasteiger partial charge in [-0.3, -0.25) is 16.0 Å². The minimum atomic E-state index is -0.233. The van der Waals surface area contributed by atoms with Crippen LogP contribution in [0.5, 0.6) is 0 Å². The van der Waals surface area contributed by atoms with Gasteiger partial charge >= 0.3 is 0 Å². The molecule has 0 saturated heterocycles. The molecular formula is C22H50N4. The summed E-state index contributed by atoms with van der Waals surface area (Å²) in [4.78, 5) is 0. The van der Waals surface area contributed by atoms with Gasteiger partial charge in [-0.15, -0.1) is 0 Å². The summed E-state index contributed by atoms with van der Waals surface area (Å²) in [6.45, 7) is 19.8. The fourth-order valence-electron chi connectivity index (χ4n) is 3.41. The number of unbranched alkanes of at least 4 members (excludes halogenated alkanes) is 5. The molecular weight excluding hydrogens is 320 g/mol. The Balaban J connectivity index is 5.01. The number of hydrogen-bond donors (Lipinski definition) is 4. The SMILES string of the molecule is CCCCCCCCC(NCC)C(NCC)(NCC(C)C)NCC(C)C. The van der Waals surface area contributed by atoms with Gasteiger partial charge in [-0.1, -0.05) is 87.0 Å². The Morgan fingerprint density at radius 2 is 1.19 bits per heavy atom. The van der Waals surface area contributed by atoms with E-state index in [1.807, 2.05) is 0 Å². The maximum Gasteiger partial charge on any atom is 0.139 e. The minimum Gasteiger partial charge on any atom is -0.310 e. The fraction of sp³-hybridized carbons (Fsp3) is 1.00. The van der Waals surface area contributed by atoms with Gasteiger partial charge in [-0.2, -0.15) is 0 Å². The normalized spacial score (nSPS) is 13.7. The molecule has 0 aliphatic rings. The molecule has 0 fully saturated rings. The van der Waals surface area contributed by atoms with Crippen LogP contribution < -0.4 is 21.3 Å². The van der Waals surface area contributed by atoms with Crippen LogP contribution in [0.1, 0.15) is 93.4 Å². The highest BCUT2D eigenvalue weighted by atomic mass is 15.4. The largest absolute Gasteiger partial charge is 0.310 e. The summed E-state index contributed by atoms with van der Waals surface area (Å²) in [6, 6.07) is 0.385. The summed E-state index contributed by atoms with van der Waals surface area (Å²) >= 11 is 0. The summed E-state index contributed by atoms with van der Waals surface area (Å²) < 4.78 is 0. The molecule has 0 rings (SSSR count). The van der Waals surface area contributed by atoms with Crippen molar-refractivity contribution >= 4 is 0 Å². The van der Waals surface area contributed by atoms with Crippen molar-refractivity contribution in [1.29, 1.82) is 0 Å². The molecule has 0 aliphatic carbocycles. The second-order valence-electron chi connectivity index (χ2n) is 8.55. The van der Waals surface area contributed by atoms with Crippen molar-refractivity contribution in [2.45, 2.75) is 105 Å². The molecule has 1 unspecified atom stereocenters. The summed E-state index contributed by atoms with van der Waals surface area (Å²) in [5, 5.41) is 15.2. The van der Waals surface area contributed by atoms with E-state index >= 15 is 0 Å². The Hall–Kier alpha value is -0.160. The van der Waals surface area contributed by atoms with Crippen LogP contribution in [0, 0.1) is 11.8 Å². The first-order valence-electron chi connectivity index (χ1n) is 11.4. The van der Waals surface area contributed by atoms with Gasteiger partial charge in [-0.25, -0.2) is 0 Å². The molecule has 0 aliphatic heterocycles. The van der Waals surface area contributed by atoms with E-state index in [9.17, 15) is 0 Å². The van der Waals surface area contributed by atoms with Gasteiger partial charge < -0.3 is 5.32 Å². The van der Waals surface area contributed by atoms with Gasteiger partial charge in [0.25, 0.3) is 0 Å². The van der Waals surface area contributed by atoms with Crippen molar-refractivity contribution in [3.05, 3.63) is 0 Å². The zero-order valence-corrected chi connectivity index (χ0v) is 19.0. The molecule has 0 amide bonds. The van der Waals surface area contributed by atoms with E-state index in [1.165, 1.54) is 44.9 Å². The Kier molecular flexibility index (Phi) is 15.8. The minimum absolute atomic E-state index is 0.233. The van der Waals surface area contributed by atoms with Crippen LogP contribution in [0.2, 0.25) is 0 Å². The van der Waals surface area contributed by atoms with Gasteiger partial charge in [-0.05, 0) is 31.3 Å². The third kappa shape index (κ3) is 11.5. The molecule has 0 bridgehead atoms. The van der Waals surface area contributed by atoms with Crippen molar-refractivity contribution < 1.29 is 0 Å². The summed E-state index contributed by atoms with van der Waals surface area (Å²) in [7, 11) is 0. The summed E-state index contributed by atoms with van der Waals surface area (Å²) in [5.74, 6) is 1.03. The van der Waals surface area contributed by atoms with E-state index < -0.39 is 0 Å². The third-order valence-electron chi connectivity index (χ3n) is 4.85. The standard InChI is InChI=1S/C22H50N4/c1-8-11-12-13-14-15-16-21(23-9-2)22(24-10-3,25-17-19(4)5)26-18-20(6)7/h19-21,23-26H,8-18H2,1-7H3. The maximum atomic E-state index is 3.85. The lowest BCUT2D eigenvalue weighted by molar-refractivity contribution is 0.120. The van der Waals surface area contributed by atoms with E-state index in [4.69, 9.17) is 0 Å². The fourth-order valence-corrected chi connectivity index (χ4v) is 3.41. The predicted molar refractivity (Wildman–Crippen MR) is 118 cm³/mol. The van der Waals surface area contributed by atoms with E-state index in [1.54, 1.807) is 0 Å². The predicted octanol–water partition coefficient (Wildman–Crippen LogP) is 4.47. The molecule has 0 spiro atoms. The lowest BCUT2D eigenvalue weighted by Gasteiger charge is -2.44. The Labute approximate surface area is 165 Å². The number of rotatable bonds is 18. The van der Waals surface area contributed by atoms with Gasteiger partial charge in [0.05, 0.1) is 6.04 Å². The molecule has 26 heavy (non-hydrogen) atoms. The second kappa shape index (κ2) is 15.9. The van der Waals surface area contributed by atoms with Gasteiger partial charge in [0, 0.05) is 13.1 Å². The lowest BCUT2D eigenvalue weighted by atomic mass is 9.98. The molecule has 4 heteroatoms. The zero-order valence-electron chi connectivity index (χ0n) is 19.0. The summed E-state index contributed by atoms with van der Waals surface area (Å²) in [5.41, 5.74) is 0. The van der Waals surface area contributed by atoms with E-state index in [-0.39, 0.29) is 5.79 Å². The Bertz CT molecular complexity index is 293. The Morgan fingerprint density at radius 3 is 1.65 bits per heavy atom. The van der Waals surface area contributed by atoms with Crippen LogP contribution in [-0.4, -0.2) is 38.0 Å². The van der Waals surface area contributed by atoms with Gasteiger partial charge in [0.2, 0.25) is 0 Å². The highest BCUT2D eigenvalue weighted by Crippen LogP contribution is 2.15. The van der Waals surface area contributed by atoms with Crippen LogP contribution in [-0.2, 0) is 0 Å². The van der Waals surface area contributed by atoms with Gasteiger partial charge in [0.15, 0.2) is 0 Å². The number of nitrogens with one attached hydrogen (secondary N) is 4.